The molecule has 0 rings (SSSR count). The number of carboxylic acid groups (broad SMARTS) is 1. The van der Waals surface area contributed by atoms with Gasteiger partial charge in [0.2, 0.25) is 11.8 Å². The molecule has 110 valence electrons. The first-order chi connectivity index (χ1) is 8.70. The van der Waals surface area contributed by atoms with E-state index in [1.54, 1.807) is 0 Å². The van der Waals surface area contributed by atoms with E-state index in [-0.39, 0.29) is 5.75 Å². The molecule has 0 aromatic rings. The molecule has 4 unspecified atom stereocenters. The number of thiol groups is 1. The van der Waals surface area contributed by atoms with Crippen molar-refractivity contribution < 1.29 is 24.6 Å². The van der Waals surface area contributed by atoms with E-state index in [9.17, 15) is 19.5 Å². The average molecular weight is 293 g/mol. The number of carboxylic acids is 1. The van der Waals surface area contributed by atoms with E-state index >= 15 is 0 Å². The van der Waals surface area contributed by atoms with Crippen LogP contribution in [-0.2, 0) is 14.4 Å². The van der Waals surface area contributed by atoms with Crippen molar-refractivity contribution in [2.75, 3.05) is 5.75 Å². The van der Waals surface area contributed by atoms with Gasteiger partial charge in [0.15, 0.2) is 6.04 Å². The van der Waals surface area contributed by atoms with E-state index in [0.717, 1.165) is 0 Å². The number of rotatable bonds is 7. The van der Waals surface area contributed by atoms with Gasteiger partial charge in [0.05, 0.1) is 12.1 Å². The van der Waals surface area contributed by atoms with Gasteiger partial charge in [-0.2, -0.15) is 12.6 Å². The first kappa shape index (κ1) is 17.7. The Morgan fingerprint density at radius 3 is 2.11 bits per heavy atom. The number of nitrogens with one attached hydrogen (secondary N) is 2. The van der Waals surface area contributed by atoms with Crippen LogP contribution in [0.15, 0.2) is 0 Å². The number of amides is 2. The fourth-order valence-corrected chi connectivity index (χ4v) is 1.30. The Labute approximate surface area is 116 Å². The molecule has 0 radical (unpaired) electrons. The van der Waals surface area contributed by atoms with Gasteiger partial charge in [0, 0.05) is 5.75 Å². The molecule has 0 aliphatic rings. The third kappa shape index (κ3) is 5.90. The number of carbonyl (C=O) groups is 3. The zero-order valence-corrected chi connectivity index (χ0v) is 11.6. The smallest absolute Gasteiger partial charge is 0.328 e. The zero-order valence-electron chi connectivity index (χ0n) is 10.7. The topological polar surface area (TPSA) is 142 Å². The van der Waals surface area contributed by atoms with Crippen molar-refractivity contribution in [1.29, 1.82) is 0 Å². The molecule has 4 atom stereocenters. The number of aliphatic hydroxyl groups is 1. The lowest BCUT2D eigenvalue weighted by Crippen LogP contribution is -2.55. The summed E-state index contributed by atoms with van der Waals surface area (Å²) >= 11 is 3.84. The summed E-state index contributed by atoms with van der Waals surface area (Å²) in [4.78, 5) is 33.8. The predicted octanol–water partition coefficient (Wildman–Crippen LogP) is -2.30. The second-order valence-corrected chi connectivity index (χ2v) is 4.45. The molecule has 0 bridgehead atoms. The highest BCUT2D eigenvalue weighted by Gasteiger charge is 2.28. The highest BCUT2D eigenvalue weighted by Crippen LogP contribution is 1.95. The third-order valence-electron chi connectivity index (χ3n) is 2.33. The molecule has 0 heterocycles. The fraction of sp³-hybridized carbons (Fsp3) is 0.700. The number of carbonyl (C=O) groups excluding carboxylic acids is 2. The summed E-state index contributed by atoms with van der Waals surface area (Å²) in [7, 11) is 0. The van der Waals surface area contributed by atoms with Crippen molar-refractivity contribution in [3.05, 3.63) is 0 Å². The number of hydrogen-bond donors (Lipinski definition) is 6. The van der Waals surface area contributed by atoms with Gasteiger partial charge in [-0.05, 0) is 13.8 Å². The molecule has 6 N–H and O–H groups in total. The Kier molecular flexibility index (Phi) is 7.42. The number of hydrogen-bond acceptors (Lipinski definition) is 6. The minimum atomic E-state index is -1.44. The van der Waals surface area contributed by atoms with Gasteiger partial charge in [0.25, 0.3) is 0 Å². The van der Waals surface area contributed by atoms with Crippen LogP contribution in [0.3, 0.4) is 0 Å². The van der Waals surface area contributed by atoms with Crippen molar-refractivity contribution >= 4 is 30.4 Å². The lowest BCUT2D eigenvalue weighted by Gasteiger charge is -2.21. The summed E-state index contributed by atoms with van der Waals surface area (Å²) in [5.41, 5.74) is 5.41. The monoisotopic (exact) mass is 293 g/mol. The van der Waals surface area contributed by atoms with Crippen LogP contribution >= 0.6 is 12.6 Å². The first-order valence-corrected chi connectivity index (χ1v) is 6.22. The van der Waals surface area contributed by atoms with Gasteiger partial charge >= 0.3 is 5.97 Å². The van der Waals surface area contributed by atoms with Crippen LogP contribution in [0, 0.1) is 0 Å². The largest absolute Gasteiger partial charge is 0.480 e. The van der Waals surface area contributed by atoms with E-state index in [1.807, 2.05) is 0 Å². The summed E-state index contributed by atoms with van der Waals surface area (Å²) in [6.45, 7) is 2.61. The highest BCUT2D eigenvalue weighted by molar-refractivity contribution is 7.80. The summed E-state index contributed by atoms with van der Waals surface area (Å²) < 4.78 is 0. The maximum Gasteiger partial charge on any atom is 0.328 e. The Balaban J connectivity index is 4.49. The number of aliphatic carboxylic acids is 1. The average Bonchev–Trinajstić information content (AvgIpc) is 2.33. The SMILES string of the molecule is CC(NC(=O)C(N)CS)C(=O)NC(C(=O)O)C(C)O. The Bertz CT molecular complexity index is 350. The normalized spacial score (nSPS) is 16.9. The number of aliphatic hydroxyl groups excluding tert-OH is 1. The maximum atomic E-state index is 11.6. The summed E-state index contributed by atoms with van der Waals surface area (Å²) in [6, 6.07) is -3.27. The Hall–Kier alpha value is -1.32. The van der Waals surface area contributed by atoms with Crippen LogP contribution in [0.1, 0.15) is 13.8 Å². The van der Waals surface area contributed by atoms with Crippen LogP contribution in [0.25, 0.3) is 0 Å². The Morgan fingerprint density at radius 2 is 1.74 bits per heavy atom. The van der Waals surface area contributed by atoms with Gasteiger partial charge < -0.3 is 26.6 Å². The molecule has 0 aromatic carbocycles. The van der Waals surface area contributed by atoms with Gasteiger partial charge in [-0.15, -0.1) is 0 Å². The standard InChI is InChI=1S/C10H19N3O5S/c1-4(12-9(16)6(11)3-19)8(15)13-7(5(2)14)10(17)18/h4-7,14,19H,3,11H2,1-2H3,(H,12,16)(H,13,15)(H,17,18). The molecule has 0 saturated heterocycles. The molecule has 0 saturated carbocycles. The summed E-state index contributed by atoms with van der Waals surface area (Å²) in [5, 5.41) is 22.4. The molecule has 8 nitrogen and oxygen atoms in total. The van der Waals surface area contributed by atoms with Crippen LogP contribution in [0.5, 0.6) is 0 Å². The van der Waals surface area contributed by atoms with E-state index in [1.165, 1.54) is 13.8 Å². The van der Waals surface area contributed by atoms with Crippen molar-refractivity contribution in [1.82, 2.24) is 10.6 Å². The van der Waals surface area contributed by atoms with E-state index in [4.69, 9.17) is 10.8 Å². The van der Waals surface area contributed by atoms with E-state index < -0.39 is 42.0 Å². The van der Waals surface area contributed by atoms with Crippen LogP contribution in [-0.4, -0.2) is 58.0 Å². The van der Waals surface area contributed by atoms with Crippen LogP contribution in [0.4, 0.5) is 0 Å². The molecule has 2 amide bonds. The molecule has 19 heavy (non-hydrogen) atoms. The molecule has 9 heteroatoms. The van der Waals surface area contributed by atoms with Gasteiger partial charge in [-0.25, -0.2) is 4.79 Å². The lowest BCUT2D eigenvalue weighted by atomic mass is 10.1. The lowest BCUT2D eigenvalue weighted by molar-refractivity contribution is -0.145. The van der Waals surface area contributed by atoms with E-state index in [0.29, 0.717) is 0 Å². The molecule has 0 fully saturated rings. The van der Waals surface area contributed by atoms with Crippen molar-refractivity contribution in [2.24, 2.45) is 5.73 Å². The van der Waals surface area contributed by atoms with Crippen molar-refractivity contribution in [3.8, 4) is 0 Å². The quantitative estimate of drug-likeness (QED) is 0.291. The molecule has 0 aliphatic heterocycles. The molecule has 0 aromatic heterocycles. The van der Waals surface area contributed by atoms with Gasteiger partial charge in [-0.3, -0.25) is 9.59 Å². The zero-order chi connectivity index (χ0) is 15.2. The van der Waals surface area contributed by atoms with Crippen molar-refractivity contribution in [3.63, 3.8) is 0 Å². The van der Waals surface area contributed by atoms with Crippen molar-refractivity contribution in [2.45, 2.75) is 38.1 Å². The van der Waals surface area contributed by atoms with Gasteiger partial charge in [0.1, 0.15) is 6.04 Å². The minimum Gasteiger partial charge on any atom is -0.480 e. The second-order valence-electron chi connectivity index (χ2n) is 4.08. The minimum absolute atomic E-state index is 0.117. The highest BCUT2D eigenvalue weighted by atomic mass is 32.1. The molecular weight excluding hydrogens is 274 g/mol. The molecular formula is C10H19N3O5S. The fourth-order valence-electron chi connectivity index (χ4n) is 1.14. The number of nitrogens with two attached hydrogens (primary N) is 1. The summed E-state index contributed by atoms with van der Waals surface area (Å²) in [5.74, 6) is -2.55. The molecule has 0 aliphatic carbocycles. The Morgan fingerprint density at radius 1 is 1.21 bits per heavy atom. The predicted molar refractivity (Wildman–Crippen MR) is 70.7 cm³/mol. The third-order valence-corrected chi connectivity index (χ3v) is 2.73. The second kappa shape index (κ2) is 7.97. The summed E-state index contributed by atoms with van der Waals surface area (Å²) in [6.07, 6.45) is -1.26. The van der Waals surface area contributed by atoms with E-state index in [2.05, 4.69) is 23.3 Å². The van der Waals surface area contributed by atoms with Gasteiger partial charge in [-0.1, -0.05) is 0 Å². The maximum absolute atomic E-state index is 11.6. The first-order valence-electron chi connectivity index (χ1n) is 5.58. The molecule has 0 spiro atoms. The van der Waals surface area contributed by atoms with Crippen LogP contribution in [0.2, 0.25) is 0 Å². The van der Waals surface area contributed by atoms with Crippen LogP contribution < -0.4 is 16.4 Å².